The van der Waals surface area contributed by atoms with Gasteiger partial charge in [0.15, 0.2) is 0 Å². The van der Waals surface area contributed by atoms with Crippen LogP contribution >= 0.6 is 0 Å². The maximum atomic E-state index is 10.4. The number of benzene rings is 4. The fourth-order valence-electron chi connectivity index (χ4n) is 5.31. The normalized spacial score (nSPS) is 13.4. The molecule has 12 nitrogen and oxygen atoms in total. The fraction of sp³-hybridized carbons (Fsp3) is 0.442. The summed E-state index contributed by atoms with van der Waals surface area (Å²) in [5, 5.41) is 41.6. The number of hydrogen-bond acceptors (Lipinski definition) is 12. The van der Waals surface area contributed by atoms with Crippen LogP contribution in [0, 0.1) is 41.5 Å². The van der Waals surface area contributed by atoms with Crippen molar-refractivity contribution in [1.29, 1.82) is 0 Å². The van der Waals surface area contributed by atoms with E-state index in [1.165, 1.54) is 0 Å². The zero-order chi connectivity index (χ0) is 39.7. The van der Waals surface area contributed by atoms with Crippen LogP contribution in [0.2, 0.25) is 0 Å². The van der Waals surface area contributed by atoms with Crippen LogP contribution in [0.4, 0.5) is 0 Å². The highest BCUT2D eigenvalue weighted by Gasteiger charge is 2.15. The van der Waals surface area contributed by atoms with E-state index < -0.39 is 24.4 Å². The van der Waals surface area contributed by atoms with Gasteiger partial charge in [0, 0.05) is 11.1 Å². The van der Waals surface area contributed by atoms with Crippen LogP contribution in [0.15, 0.2) is 72.8 Å². The molecule has 0 bridgehead atoms. The predicted octanol–water partition coefficient (Wildman–Crippen LogP) is 5.34. The summed E-state index contributed by atoms with van der Waals surface area (Å²) in [7, 11) is 0. The fourth-order valence-corrected chi connectivity index (χ4v) is 5.31. The largest absolute Gasteiger partial charge is 0.490 e. The van der Waals surface area contributed by atoms with Crippen molar-refractivity contribution in [2.24, 2.45) is 0 Å². The molecule has 300 valence electrons. The van der Waals surface area contributed by atoms with Crippen molar-refractivity contribution >= 4 is 0 Å². The zero-order valence-corrected chi connectivity index (χ0v) is 32.7. The van der Waals surface area contributed by atoms with E-state index in [2.05, 4.69) is 0 Å². The molecule has 0 aliphatic carbocycles. The smallest absolute Gasteiger partial charge is 0.146 e. The lowest BCUT2D eigenvalue weighted by atomic mass is 10.1. The van der Waals surface area contributed by atoms with E-state index in [9.17, 15) is 20.4 Å². The Morgan fingerprint density at radius 2 is 0.582 bits per heavy atom. The number of aliphatic hydroxyl groups is 4. The first-order chi connectivity index (χ1) is 26.4. The van der Waals surface area contributed by atoms with Gasteiger partial charge in [-0.05, 0) is 100 Å². The van der Waals surface area contributed by atoms with Crippen LogP contribution in [0.25, 0.3) is 0 Å². The predicted molar refractivity (Wildman–Crippen MR) is 208 cm³/mol. The number of aliphatic hydroxyl groups excluding tert-OH is 4. The molecule has 4 aromatic rings. The SMILES string of the molecule is Cc1cccc(OCC(O)COc2cccc(OCC(O)COCOCC(O)COc3cccc(OCC(O)COc4cccc(C)c4C)c3C)c2C)c1C. The van der Waals surface area contributed by atoms with Crippen LogP contribution in [0.5, 0.6) is 34.5 Å². The van der Waals surface area contributed by atoms with E-state index in [4.69, 9.17) is 37.9 Å². The third kappa shape index (κ3) is 13.9. The first-order valence-corrected chi connectivity index (χ1v) is 18.4. The van der Waals surface area contributed by atoms with Crippen LogP contribution < -0.4 is 28.4 Å². The van der Waals surface area contributed by atoms with Gasteiger partial charge in [0.25, 0.3) is 0 Å². The molecule has 0 saturated heterocycles. The number of rotatable bonds is 24. The molecule has 0 fully saturated rings. The highest BCUT2D eigenvalue weighted by molar-refractivity contribution is 5.45. The van der Waals surface area contributed by atoms with Crippen molar-refractivity contribution in [3.63, 3.8) is 0 Å². The lowest BCUT2D eigenvalue weighted by molar-refractivity contribution is -0.104. The molecule has 0 radical (unpaired) electrons. The monoisotopic (exact) mass is 764 g/mol. The van der Waals surface area contributed by atoms with Gasteiger partial charge in [-0.15, -0.1) is 0 Å². The van der Waals surface area contributed by atoms with Crippen LogP contribution in [0.3, 0.4) is 0 Å². The van der Waals surface area contributed by atoms with E-state index in [1.54, 1.807) is 36.4 Å². The van der Waals surface area contributed by atoms with Crippen molar-refractivity contribution < 1.29 is 58.3 Å². The van der Waals surface area contributed by atoms with Crippen molar-refractivity contribution in [2.75, 3.05) is 59.6 Å². The van der Waals surface area contributed by atoms with Gasteiger partial charge in [0.1, 0.15) is 105 Å². The molecule has 4 unspecified atom stereocenters. The maximum Gasteiger partial charge on any atom is 0.146 e. The Bertz CT molecular complexity index is 1640. The number of hydrogen-bond donors (Lipinski definition) is 4. The quantitative estimate of drug-likeness (QED) is 0.0538. The Balaban J connectivity index is 1.08. The molecule has 55 heavy (non-hydrogen) atoms. The summed E-state index contributed by atoms with van der Waals surface area (Å²) >= 11 is 0. The van der Waals surface area contributed by atoms with Crippen molar-refractivity contribution in [3.05, 3.63) is 106 Å². The molecule has 0 amide bonds. The summed E-state index contributed by atoms with van der Waals surface area (Å²) in [5.41, 5.74) is 5.74. The van der Waals surface area contributed by atoms with Gasteiger partial charge in [0.05, 0.1) is 13.2 Å². The number of aryl methyl sites for hydroxylation is 2. The van der Waals surface area contributed by atoms with E-state index >= 15 is 0 Å². The van der Waals surface area contributed by atoms with E-state index in [0.29, 0.717) is 23.0 Å². The van der Waals surface area contributed by atoms with Crippen LogP contribution in [0.1, 0.15) is 33.4 Å². The molecule has 4 rings (SSSR count). The summed E-state index contributed by atoms with van der Waals surface area (Å²) in [6, 6.07) is 22.2. The third-order valence-corrected chi connectivity index (χ3v) is 8.95. The van der Waals surface area contributed by atoms with Crippen LogP contribution in [-0.4, -0.2) is 104 Å². The van der Waals surface area contributed by atoms with Gasteiger partial charge in [-0.25, -0.2) is 0 Å². The molecule has 0 aliphatic rings. The first-order valence-electron chi connectivity index (χ1n) is 18.4. The van der Waals surface area contributed by atoms with Gasteiger partial charge in [-0.1, -0.05) is 36.4 Å². The second kappa shape index (κ2) is 22.1. The lowest BCUT2D eigenvalue weighted by Gasteiger charge is -2.19. The van der Waals surface area contributed by atoms with E-state index in [0.717, 1.165) is 44.9 Å². The van der Waals surface area contributed by atoms with Gasteiger partial charge in [0.2, 0.25) is 0 Å². The topological polar surface area (TPSA) is 155 Å². The molecule has 0 saturated carbocycles. The zero-order valence-electron chi connectivity index (χ0n) is 32.7. The third-order valence-electron chi connectivity index (χ3n) is 8.95. The van der Waals surface area contributed by atoms with Crippen molar-refractivity contribution in [2.45, 2.75) is 66.0 Å². The summed E-state index contributed by atoms with van der Waals surface area (Å²) in [5.74, 6) is 3.61. The van der Waals surface area contributed by atoms with Gasteiger partial charge in [-0.2, -0.15) is 0 Å². The summed E-state index contributed by atoms with van der Waals surface area (Å²) in [4.78, 5) is 0. The molecule has 4 atom stereocenters. The second-order valence-corrected chi connectivity index (χ2v) is 13.5. The molecular formula is C43H56O12. The Kier molecular flexibility index (Phi) is 17.4. The van der Waals surface area contributed by atoms with Gasteiger partial charge >= 0.3 is 0 Å². The summed E-state index contributed by atoms with van der Waals surface area (Å²) in [6.07, 6.45) is -3.55. The summed E-state index contributed by atoms with van der Waals surface area (Å²) < 4.78 is 45.6. The molecule has 0 heterocycles. The Labute approximate surface area is 324 Å². The van der Waals surface area contributed by atoms with Crippen molar-refractivity contribution in [1.82, 2.24) is 0 Å². The minimum absolute atomic E-state index is 0.0327. The van der Waals surface area contributed by atoms with E-state index in [-0.39, 0.29) is 59.6 Å². The Morgan fingerprint density at radius 1 is 0.345 bits per heavy atom. The Hall–Kier alpha value is -4.56. The van der Waals surface area contributed by atoms with E-state index in [1.807, 2.05) is 77.9 Å². The molecule has 4 N–H and O–H groups in total. The van der Waals surface area contributed by atoms with Gasteiger partial charge < -0.3 is 58.3 Å². The number of ether oxygens (including phenoxy) is 8. The second-order valence-electron chi connectivity index (χ2n) is 13.5. The standard InChI is InChI=1S/C43H56O12/c1-28-11-7-13-38(30(28)3)50-23-36(46)25-54-42-17-9-15-40(32(42)5)52-21-34(44)19-48-27-49-20-35(45)22-53-41-16-10-18-43(33(41)6)55-26-37(47)24-51-39-14-8-12-29(2)31(39)4/h7-18,34-37,44-47H,19-27H2,1-6H3. The van der Waals surface area contributed by atoms with Crippen molar-refractivity contribution in [3.8, 4) is 34.5 Å². The average Bonchev–Trinajstić information content (AvgIpc) is 3.17. The minimum atomic E-state index is -0.937. The minimum Gasteiger partial charge on any atom is -0.490 e. The van der Waals surface area contributed by atoms with Crippen LogP contribution in [-0.2, 0) is 9.47 Å². The molecule has 0 aliphatic heterocycles. The molecule has 4 aromatic carbocycles. The highest BCUT2D eigenvalue weighted by Crippen LogP contribution is 2.29. The molecule has 0 spiro atoms. The molecular weight excluding hydrogens is 708 g/mol. The summed E-state index contributed by atoms with van der Waals surface area (Å²) in [6.45, 7) is 11.6. The van der Waals surface area contributed by atoms with Gasteiger partial charge in [-0.3, -0.25) is 0 Å². The first kappa shape index (κ1) is 43.2. The Morgan fingerprint density at radius 3 is 0.873 bits per heavy atom. The average molecular weight is 765 g/mol. The molecule has 12 heteroatoms. The molecule has 0 aromatic heterocycles. The maximum absolute atomic E-state index is 10.4. The highest BCUT2D eigenvalue weighted by atomic mass is 16.7. The lowest BCUT2D eigenvalue weighted by Crippen LogP contribution is -2.27.